The monoisotopic (exact) mass is 478 g/mol. The summed E-state index contributed by atoms with van der Waals surface area (Å²) in [7, 11) is 0. The lowest BCUT2D eigenvalue weighted by molar-refractivity contribution is -0.123. The average Bonchev–Trinajstić information content (AvgIpc) is 3.24. The van der Waals surface area contributed by atoms with Crippen molar-refractivity contribution >= 4 is 35.3 Å². The van der Waals surface area contributed by atoms with Gasteiger partial charge in [-0.15, -0.1) is 0 Å². The fourth-order valence-corrected chi connectivity index (χ4v) is 3.54. The summed E-state index contributed by atoms with van der Waals surface area (Å²) in [6, 6.07) is 22.6. The fraction of sp³-hybridized carbons (Fsp3) is 0.0800. The zero-order chi connectivity index (χ0) is 23.2. The van der Waals surface area contributed by atoms with E-state index in [1.54, 1.807) is 29.1 Å². The molecule has 0 saturated carbocycles. The molecule has 0 bridgehead atoms. The molecule has 4 rings (SSSR count). The second kappa shape index (κ2) is 10.3. The molecule has 1 amide bonds. The largest absolute Gasteiger partial charge is 0.482 e. The molecule has 166 valence electrons. The highest BCUT2D eigenvalue weighted by molar-refractivity contribution is 6.35. The molecule has 1 N–H and O–H groups in total. The SMILES string of the molecule is Cc1ccc(-c2nn(-c3ccccc3)cc2/C=N/NC(=O)COc2ccc(Cl)cc2Cl)cc1. The lowest BCUT2D eigenvalue weighted by Gasteiger charge is -2.07. The number of nitrogens with zero attached hydrogens (tertiary/aromatic N) is 3. The molecule has 1 aromatic heterocycles. The molecule has 1 heterocycles. The van der Waals surface area contributed by atoms with Crippen molar-refractivity contribution in [3.8, 4) is 22.7 Å². The van der Waals surface area contributed by atoms with Crippen LogP contribution in [-0.4, -0.2) is 28.5 Å². The summed E-state index contributed by atoms with van der Waals surface area (Å²) in [6.07, 6.45) is 3.43. The third-order valence-electron chi connectivity index (χ3n) is 4.73. The smallest absolute Gasteiger partial charge is 0.277 e. The number of carbonyl (C=O) groups excluding carboxylic acids is 1. The number of para-hydroxylation sites is 1. The molecule has 33 heavy (non-hydrogen) atoms. The Kier molecular flexibility index (Phi) is 7.07. The number of amides is 1. The van der Waals surface area contributed by atoms with Crippen molar-refractivity contribution in [3.05, 3.63) is 100 Å². The third-order valence-corrected chi connectivity index (χ3v) is 5.26. The minimum Gasteiger partial charge on any atom is -0.482 e. The third kappa shape index (κ3) is 5.80. The van der Waals surface area contributed by atoms with E-state index in [0.717, 1.165) is 28.1 Å². The highest BCUT2D eigenvalue weighted by Gasteiger charge is 2.11. The van der Waals surface area contributed by atoms with Gasteiger partial charge in [0, 0.05) is 22.3 Å². The number of hydrazone groups is 1. The summed E-state index contributed by atoms with van der Waals surface area (Å²) in [4.78, 5) is 12.2. The Balaban J connectivity index is 1.49. The minimum atomic E-state index is -0.426. The normalized spacial score (nSPS) is 11.0. The van der Waals surface area contributed by atoms with Crippen molar-refractivity contribution in [2.24, 2.45) is 5.10 Å². The van der Waals surface area contributed by atoms with Crippen LogP contribution in [0.5, 0.6) is 5.75 Å². The summed E-state index contributed by atoms with van der Waals surface area (Å²) in [5.74, 6) is -0.0596. The number of hydrogen-bond donors (Lipinski definition) is 1. The number of nitrogens with one attached hydrogen (secondary N) is 1. The summed E-state index contributed by atoms with van der Waals surface area (Å²) < 4.78 is 7.21. The molecule has 8 heteroatoms. The molecular formula is C25H20Cl2N4O2. The van der Waals surface area contributed by atoms with Crippen molar-refractivity contribution in [2.45, 2.75) is 6.92 Å². The van der Waals surface area contributed by atoms with Crippen LogP contribution in [0.3, 0.4) is 0 Å². The lowest BCUT2D eigenvalue weighted by atomic mass is 10.1. The van der Waals surface area contributed by atoms with E-state index >= 15 is 0 Å². The second-order valence-corrected chi connectivity index (χ2v) is 8.08. The number of carbonyl (C=O) groups is 1. The van der Waals surface area contributed by atoms with E-state index in [0.29, 0.717) is 15.8 Å². The first-order valence-corrected chi connectivity index (χ1v) is 10.9. The molecule has 0 radical (unpaired) electrons. The quantitative estimate of drug-likeness (QED) is 0.274. The number of aryl methyl sites for hydroxylation is 1. The van der Waals surface area contributed by atoms with Crippen LogP contribution < -0.4 is 10.2 Å². The zero-order valence-corrected chi connectivity index (χ0v) is 19.2. The first-order valence-electron chi connectivity index (χ1n) is 10.1. The number of hydrogen-bond acceptors (Lipinski definition) is 4. The molecule has 0 aliphatic heterocycles. The Morgan fingerprint density at radius 1 is 1.09 bits per heavy atom. The maximum absolute atomic E-state index is 12.2. The zero-order valence-electron chi connectivity index (χ0n) is 17.7. The molecule has 6 nitrogen and oxygen atoms in total. The van der Waals surface area contributed by atoms with Crippen molar-refractivity contribution in [1.82, 2.24) is 15.2 Å². The summed E-state index contributed by atoms with van der Waals surface area (Å²) in [5, 5.41) is 9.64. The van der Waals surface area contributed by atoms with E-state index < -0.39 is 5.91 Å². The number of halogens is 2. The maximum Gasteiger partial charge on any atom is 0.277 e. The number of ether oxygens (including phenoxy) is 1. The fourth-order valence-electron chi connectivity index (χ4n) is 3.07. The summed E-state index contributed by atoms with van der Waals surface area (Å²) in [5.41, 5.74) is 7.00. The van der Waals surface area contributed by atoms with Gasteiger partial charge in [-0.2, -0.15) is 10.2 Å². The van der Waals surface area contributed by atoms with Crippen LogP contribution >= 0.6 is 23.2 Å². The van der Waals surface area contributed by atoms with Crippen LogP contribution in [0.4, 0.5) is 0 Å². The van der Waals surface area contributed by atoms with Gasteiger partial charge in [0.15, 0.2) is 6.61 Å². The predicted molar refractivity (Wildman–Crippen MR) is 131 cm³/mol. The van der Waals surface area contributed by atoms with Crippen LogP contribution in [0.2, 0.25) is 10.0 Å². The van der Waals surface area contributed by atoms with Crippen molar-refractivity contribution in [1.29, 1.82) is 0 Å². The van der Waals surface area contributed by atoms with Crippen molar-refractivity contribution < 1.29 is 9.53 Å². The standard InChI is InChI=1S/C25H20Cl2N4O2/c1-17-7-9-18(10-8-17)25-19(15-31(30-25)21-5-3-2-4-6-21)14-28-29-24(32)16-33-23-12-11-20(26)13-22(23)27/h2-15H,16H2,1H3,(H,29,32)/b28-14+. The molecule has 0 saturated heterocycles. The number of aromatic nitrogens is 2. The van der Waals surface area contributed by atoms with Gasteiger partial charge in [-0.05, 0) is 37.3 Å². The van der Waals surface area contributed by atoms with Gasteiger partial charge in [-0.1, -0.05) is 71.2 Å². The molecule has 3 aromatic carbocycles. The van der Waals surface area contributed by atoms with Crippen LogP contribution in [0.15, 0.2) is 84.1 Å². The first kappa shape index (κ1) is 22.6. The van der Waals surface area contributed by atoms with Gasteiger partial charge in [0.2, 0.25) is 0 Å². The van der Waals surface area contributed by atoms with E-state index in [9.17, 15) is 4.79 Å². The van der Waals surface area contributed by atoms with Gasteiger partial charge in [-0.3, -0.25) is 4.79 Å². The molecule has 4 aromatic rings. The Hall–Kier alpha value is -3.61. The van der Waals surface area contributed by atoms with Crippen LogP contribution in [-0.2, 0) is 4.79 Å². The van der Waals surface area contributed by atoms with Crippen molar-refractivity contribution in [3.63, 3.8) is 0 Å². The van der Waals surface area contributed by atoms with E-state index in [1.807, 2.05) is 67.7 Å². The predicted octanol–water partition coefficient (Wildman–Crippen LogP) is 5.68. The van der Waals surface area contributed by atoms with Gasteiger partial charge in [0.05, 0.1) is 16.9 Å². The highest BCUT2D eigenvalue weighted by atomic mass is 35.5. The molecule has 0 fully saturated rings. The van der Waals surface area contributed by atoms with Gasteiger partial charge in [0.1, 0.15) is 11.4 Å². The van der Waals surface area contributed by atoms with Gasteiger partial charge in [-0.25, -0.2) is 10.1 Å². The number of benzene rings is 3. The van der Waals surface area contributed by atoms with Gasteiger partial charge >= 0.3 is 0 Å². The van der Waals surface area contributed by atoms with E-state index in [4.69, 9.17) is 33.0 Å². The Bertz CT molecular complexity index is 1290. The topological polar surface area (TPSA) is 68.5 Å². The van der Waals surface area contributed by atoms with Gasteiger partial charge < -0.3 is 4.74 Å². The molecule has 0 aliphatic carbocycles. The first-order chi connectivity index (χ1) is 16.0. The van der Waals surface area contributed by atoms with Crippen molar-refractivity contribution in [2.75, 3.05) is 6.61 Å². The Morgan fingerprint density at radius 3 is 2.58 bits per heavy atom. The average molecular weight is 479 g/mol. The van der Waals surface area contributed by atoms with Crippen LogP contribution in [0.25, 0.3) is 16.9 Å². The van der Waals surface area contributed by atoms with Crippen LogP contribution in [0, 0.1) is 6.92 Å². The molecule has 0 atom stereocenters. The molecule has 0 aliphatic rings. The lowest BCUT2D eigenvalue weighted by Crippen LogP contribution is -2.24. The Labute approximate surface area is 201 Å². The highest BCUT2D eigenvalue weighted by Crippen LogP contribution is 2.27. The van der Waals surface area contributed by atoms with Gasteiger partial charge in [0.25, 0.3) is 5.91 Å². The Morgan fingerprint density at radius 2 is 1.85 bits per heavy atom. The van der Waals surface area contributed by atoms with Crippen LogP contribution in [0.1, 0.15) is 11.1 Å². The molecule has 0 unspecified atom stereocenters. The summed E-state index contributed by atoms with van der Waals surface area (Å²) in [6.45, 7) is 1.79. The number of rotatable bonds is 7. The van der Waals surface area contributed by atoms with E-state index in [-0.39, 0.29) is 6.61 Å². The molecule has 0 spiro atoms. The molecular weight excluding hydrogens is 459 g/mol. The minimum absolute atomic E-state index is 0.243. The van der Waals surface area contributed by atoms with E-state index in [2.05, 4.69) is 10.5 Å². The maximum atomic E-state index is 12.2. The summed E-state index contributed by atoms with van der Waals surface area (Å²) >= 11 is 11.9. The van der Waals surface area contributed by atoms with E-state index in [1.165, 1.54) is 0 Å². The second-order valence-electron chi connectivity index (χ2n) is 7.24.